The molecule has 1 N–H and O–H groups in total. The molecule has 1 atom stereocenters. The lowest BCUT2D eigenvalue weighted by Crippen LogP contribution is -2.13. The van der Waals surface area contributed by atoms with Crippen LogP contribution in [0.5, 0.6) is 5.75 Å². The Morgan fingerprint density at radius 1 is 1.50 bits per heavy atom. The Bertz CT molecular complexity index is 349. The Hall–Kier alpha value is -1.32. The Balaban J connectivity index is 2.40. The van der Waals surface area contributed by atoms with E-state index in [0.29, 0.717) is 18.3 Å². The van der Waals surface area contributed by atoms with Gasteiger partial charge in [0.1, 0.15) is 5.75 Å². The van der Waals surface area contributed by atoms with E-state index < -0.39 is 0 Å². The molecule has 0 aliphatic heterocycles. The lowest BCUT2D eigenvalue weighted by molar-refractivity contribution is 0.232. The molecule has 16 heavy (non-hydrogen) atoms. The third kappa shape index (κ3) is 4.47. The smallest absolute Gasteiger partial charge is 0.267 e. The molecule has 1 heterocycles. The van der Waals surface area contributed by atoms with Crippen LogP contribution in [-0.4, -0.2) is 16.8 Å². The average molecular weight is 224 g/mol. The van der Waals surface area contributed by atoms with Crippen molar-refractivity contribution in [3.05, 3.63) is 22.6 Å². The van der Waals surface area contributed by atoms with Crippen molar-refractivity contribution in [3.8, 4) is 5.75 Å². The van der Waals surface area contributed by atoms with Gasteiger partial charge >= 0.3 is 0 Å². The van der Waals surface area contributed by atoms with Gasteiger partial charge in [-0.25, -0.2) is 5.10 Å². The molecule has 0 bridgehead atoms. The topological polar surface area (TPSA) is 55.0 Å². The Morgan fingerprint density at radius 2 is 2.31 bits per heavy atom. The molecule has 0 amide bonds. The van der Waals surface area contributed by atoms with Crippen LogP contribution in [-0.2, 0) is 0 Å². The van der Waals surface area contributed by atoms with Gasteiger partial charge in [0.25, 0.3) is 5.56 Å². The van der Waals surface area contributed by atoms with Crippen molar-refractivity contribution in [1.82, 2.24) is 10.2 Å². The van der Waals surface area contributed by atoms with Crippen molar-refractivity contribution in [1.29, 1.82) is 0 Å². The molecule has 0 saturated carbocycles. The molecule has 90 valence electrons. The highest BCUT2D eigenvalue weighted by atomic mass is 16.5. The predicted octanol–water partition coefficient (Wildman–Crippen LogP) is 2.37. The molecule has 0 radical (unpaired) electrons. The monoisotopic (exact) mass is 224 g/mol. The number of nitrogens with one attached hydrogen (secondary N) is 1. The molecule has 4 heteroatoms. The van der Waals surface area contributed by atoms with Crippen LogP contribution in [0.25, 0.3) is 0 Å². The van der Waals surface area contributed by atoms with E-state index in [1.807, 2.05) is 0 Å². The Morgan fingerprint density at radius 3 is 2.94 bits per heavy atom. The number of aromatic nitrogens is 2. The van der Waals surface area contributed by atoms with Gasteiger partial charge in [-0.1, -0.05) is 33.1 Å². The highest BCUT2D eigenvalue weighted by molar-refractivity contribution is 5.12. The Kier molecular flexibility index (Phi) is 5.61. The first-order valence-corrected chi connectivity index (χ1v) is 5.93. The summed E-state index contributed by atoms with van der Waals surface area (Å²) in [5.74, 6) is 1.12. The molecule has 0 aromatic carbocycles. The first-order valence-electron chi connectivity index (χ1n) is 5.93. The first kappa shape index (κ1) is 12.7. The molecule has 1 aromatic heterocycles. The summed E-state index contributed by atoms with van der Waals surface area (Å²) in [4.78, 5) is 11.0. The van der Waals surface area contributed by atoms with Crippen molar-refractivity contribution in [3.63, 3.8) is 0 Å². The van der Waals surface area contributed by atoms with Crippen LogP contribution >= 0.6 is 0 Å². The van der Waals surface area contributed by atoms with Gasteiger partial charge in [0, 0.05) is 6.07 Å². The second kappa shape index (κ2) is 7.04. The SMILES string of the molecule is CCCCC(CC)COc1cn[nH]c(=O)c1. The van der Waals surface area contributed by atoms with Gasteiger partial charge in [0.2, 0.25) is 0 Å². The van der Waals surface area contributed by atoms with Gasteiger partial charge in [-0.3, -0.25) is 4.79 Å². The number of unbranched alkanes of at least 4 members (excludes halogenated alkanes) is 1. The highest BCUT2D eigenvalue weighted by Gasteiger charge is 2.07. The van der Waals surface area contributed by atoms with Gasteiger partial charge in [-0.2, -0.15) is 5.10 Å². The summed E-state index contributed by atoms with van der Waals surface area (Å²) in [5.41, 5.74) is -0.223. The summed E-state index contributed by atoms with van der Waals surface area (Å²) >= 11 is 0. The Labute approximate surface area is 96.0 Å². The van der Waals surface area contributed by atoms with Crippen LogP contribution < -0.4 is 10.3 Å². The van der Waals surface area contributed by atoms with Crippen LogP contribution in [0.3, 0.4) is 0 Å². The second-order valence-electron chi connectivity index (χ2n) is 4.01. The predicted molar refractivity (Wildman–Crippen MR) is 63.7 cm³/mol. The molecule has 4 nitrogen and oxygen atoms in total. The fourth-order valence-corrected chi connectivity index (χ4v) is 1.55. The average Bonchev–Trinajstić information content (AvgIpc) is 2.29. The summed E-state index contributed by atoms with van der Waals surface area (Å²) in [6.45, 7) is 5.02. The number of aromatic amines is 1. The molecule has 1 unspecified atom stereocenters. The van der Waals surface area contributed by atoms with E-state index in [4.69, 9.17) is 4.74 Å². The maximum Gasteiger partial charge on any atom is 0.267 e. The third-order valence-electron chi connectivity index (χ3n) is 2.67. The van der Waals surface area contributed by atoms with E-state index in [9.17, 15) is 4.79 Å². The minimum absolute atomic E-state index is 0.223. The number of nitrogens with zero attached hydrogens (tertiary/aromatic N) is 1. The normalized spacial score (nSPS) is 12.4. The molecular weight excluding hydrogens is 204 g/mol. The summed E-state index contributed by atoms with van der Waals surface area (Å²) in [5, 5.41) is 6.01. The zero-order valence-corrected chi connectivity index (χ0v) is 10.0. The molecule has 0 saturated heterocycles. The molecule has 1 aromatic rings. The van der Waals surface area contributed by atoms with E-state index in [1.54, 1.807) is 0 Å². The molecule has 0 aliphatic rings. The highest BCUT2D eigenvalue weighted by Crippen LogP contribution is 2.14. The van der Waals surface area contributed by atoms with Crippen LogP contribution in [0.4, 0.5) is 0 Å². The summed E-state index contributed by atoms with van der Waals surface area (Å²) in [7, 11) is 0. The van der Waals surface area contributed by atoms with Gasteiger partial charge in [0.15, 0.2) is 0 Å². The largest absolute Gasteiger partial charge is 0.491 e. The molecular formula is C12H20N2O2. The number of rotatable bonds is 7. The molecule has 0 fully saturated rings. The molecule has 0 spiro atoms. The van der Waals surface area contributed by atoms with Gasteiger partial charge in [-0.15, -0.1) is 0 Å². The van der Waals surface area contributed by atoms with E-state index in [1.165, 1.54) is 31.5 Å². The maximum atomic E-state index is 11.0. The molecule has 1 rings (SSSR count). The van der Waals surface area contributed by atoms with Gasteiger partial charge < -0.3 is 4.74 Å². The first-order chi connectivity index (χ1) is 7.76. The van der Waals surface area contributed by atoms with Crippen LogP contribution in [0.2, 0.25) is 0 Å². The lowest BCUT2D eigenvalue weighted by Gasteiger charge is -2.14. The number of H-pyrrole nitrogens is 1. The van der Waals surface area contributed by atoms with Gasteiger partial charge in [0.05, 0.1) is 12.8 Å². The standard InChI is InChI=1S/C12H20N2O2/c1-3-5-6-10(4-2)9-16-11-7-12(15)14-13-8-11/h7-8,10H,3-6,9H2,1-2H3,(H,14,15). The fourth-order valence-electron chi connectivity index (χ4n) is 1.55. The van der Waals surface area contributed by atoms with Crippen LogP contribution in [0.15, 0.2) is 17.1 Å². The number of hydrogen-bond donors (Lipinski definition) is 1. The van der Waals surface area contributed by atoms with E-state index in [0.717, 1.165) is 6.42 Å². The van der Waals surface area contributed by atoms with Crippen molar-refractivity contribution >= 4 is 0 Å². The fraction of sp³-hybridized carbons (Fsp3) is 0.667. The van der Waals surface area contributed by atoms with Crippen molar-refractivity contribution in [2.45, 2.75) is 39.5 Å². The van der Waals surface area contributed by atoms with Crippen molar-refractivity contribution < 1.29 is 4.74 Å². The van der Waals surface area contributed by atoms with E-state index in [2.05, 4.69) is 24.0 Å². The minimum Gasteiger partial charge on any atom is -0.491 e. The minimum atomic E-state index is -0.223. The van der Waals surface area contributed by atoms with Gasteiger partial charge in [-0.05, 0) is 12.3 Å². The van der Waals surface area contributed by atoms with Crippen molar-refractivity contribution in [2.24, 2.45) is 5.92 Å². The molecule has 0 aliphatic carbocycles. The quantitative estimate of drug-likeness (QED) is 0.773. The van der Waals surface area contributed by atoms with Crippen molar-refractivity contribution in [2.75, 3.05) is 6.61 Å². The zero-order chi connectivity index (χ0) is 11.8. The summed E-state index contributed by atoms with van der Waals surface area (Å²) < 4.78 is 5.55. The lowest BCUT2D eigenvalue weighted by atomic mass is 10.0. The van der Waals surface area contributed by atoms with E-state index in [-0.39, 0.29) is 5.56 Å². The number of ether oxygens (including phenoxy) is 1. The van der Waals surface area contributed by atoms with Crippen LogP contribution in [0.1, 0.15) is 39.5 Å². The second-order valence-corrected chi connectivity index (χ2v) is 4.01. The van der Waals surface area contributed by atoms with Crippen LogP contribution in [0, 0.1) is 5.92 Å². The summed E-state index contributed by atoms with van der Waals surface area (Å²) in [6.07, 6.45) is 6.27. The number of hydrogen-bond acceptors (Lipinski definition) is 3. The summed E-state index contributed by atoms with van der Waals surface area (Å²) in [6, 6.07) is 1.43. The zero-order valence-electron chi connectivity index (χ0n) is 10.0. The third-order valence-corrected chi connectivity index (χ3v) is 2.67. The maximum absolute atomic E-state index is 11.0. The van der Waals surface area contributed by atoms with E-state index >= 15 is 0 Å².